The van der Waals surface area contributed by atoms with Crippen LogP contribution in [0.5, 0.6) is 17.2 Å². The number of ether oxygens (including phenoxy) is 4. The first-order valence-electron chi connectivity index (χ1n) is 12.1. The Morgan fingerprint density at radius 3 is 2.39 bits per heavy atom. The Balaban J connectivity index is 1.62. The lowest BCUT2D eigenvalue weighted by atomic mass is 10.0. The fourth-order valence-corrected chi connectivity index (χ4v) is 4.98. The molecule has 0 saturated heterocycles. The van der Waals surface area contributed by atoms with Gasteiger partial charge in [0.2, 0.25) is 0 Å². The summed E-state index contributed by atoms with van der Waals surface area (Å²) >= 11 is 1.57. The van der Waals surface area contributed by atoms with Crippen LogP contribution in [-0.4, -0.2) is 75.6 Å². The van der Waals surface area contributed by atoms with E-state index in [0.29, 0.717) is 29.2 Å². The van der Waals surface area contributed by atoms with Gasteiger partial charge in [-0.05, 0) is 53.4 Å². The SMILES string of the molecule is COCCN(CC(=O)N1N=C(c2cccs2)C[C@H]1c1ccc(OC)c(OC)c1)C(=O)c1ccc(OC)cc1. The third-order valence-electron chi connectivity index (χ3n) is 6.28. The first kappa shape index (κ1) is 27.2. The summed E-state index contributed by atoms with van der Waals surface area (Å²) in [6.45, 7) is 0.390. The van der Waals surface area contributed by atoms with Crippen LogP contribution in [0.15, 0.2) is 65.1 Å². The largest absolute Gasteiger partial charge is 0.497 e. The fraction of sp³-hybridized carbons (Fsp3) is 0.321. The molecule has 38 heavy (non-hydrogen) atoms. The molecule has 0 aliphatic carbocycles. The molecule has 0 spiro atoms. The van der Waals surface area contributed by atoms with Gasteiger partial charge in [0, 0.05) is 25.6 Å². The first-order chi connectivity index (χ1) is 18.5. The second-order valence-corrected chi connectivity index (χ2v) is 9.49. The molecule has 1 atom stereocenters. The predicted molar refractivity (Wildman–Crippen MR) is 145 cm³/mol. The van der Waals surface area contributed by atoms with Crippen LogP contribution in [0, 0.1) is 0 Å². The molecule has 0 unspecified atom stereocenters. The van der Waals surface area contributed by atoms with Gasteiger partial charge in [0.15, 0.2) is 11.5 Å². The highest BCUT2D eigenvalue weighted by atomic mass is 32.1. The number of benzene rings is 2. The van der Waals surface area contributed by atoms with E-state index >= 15 is 0 Å². The maximum absolute atomic E-state index is 13.7. The molecule has 2 amide bonds. The fourth-order valence-electron chi connectivity index (χ4n) is 4.26. The number of hydrogen-bond acceptors (Lipinski definition) is 8. The van der Waals surface area contributed by atoms with Gasteiger partial charge in [0.25, 0.3) is 11.8 Å². The summed E-state index contributed by atoms with van der Waals surface area (Å²) in [5.74, 6) is 1.24. The smallest absolute Gasteiger partial charge is 0.262 e. The number of carbonyl (C=O) groups excluding carboxylic acids is 2. The van der Waals surface area contributed by atoms with Gasteiger partial charge in [0.1, 0.15) is 12.3 Å². The second-order valence-electron chi connectivity index (χ2n) is 8.54. The van der Waals surface area contributed by atoms with Crippen LogP contribution in [-0.2, 0) is 9.53 Å². The van der Waals surface area contributed by atoms with Gasteiger partial charge in [-0.1, -0.05) is 12.1 Å². The zero-order valence-electron chi connectivity index (χ0n) is 21.9. The lowest BCUT2D eigenvalue weighted by Crippen LogP contribution is -2.42. The maximum atomic E-state index is 13.7. The highest BCUT2D eigenvalue weighted by Crippen LogP contribution is 2.38. The zero-order chi connectivity index (χ0) is 27.1. The zero-order valence-corrected chi connectivity index (χ0v) is 22.7. The molecule has 0 bridgehead atoms. The Kier molecular flexibility index (Phi) is 8.98. The Hall–Kier alpha value is -3.89. The number of thiophene rings is 1. The van der Waals surface area contributed by atoms with Crippen molar-refractivity contribution >= 4 is 28.9 Å². The summed E-state index contributed by atoms with van der Waals surface area (Å²) in [6, 6.07) is 16.0. The average molecular weight is 538 g/mol. The van der Waals surface area contributed by atoms with Gasteiger partial charge in [0.05, 0.1) is 44.6 Å². The molecule has 9 nitrogen and oxygen atoms in total. The van der Waals surface area contributed by atoms with E-state index in [9.17, 15) is 9.59 Å². The van der Waals surface area contributed by atoms with Gasteiger partial charge >= 0.3 is 0 Å². The van der Waals surface area contributed by atoms with Crippen molar-refractivity contribution in [1.29, 1.82) is 0 Å². The van der Waals surface area contributed by atoms with Crippen LogP contribution in [0.1, 0.15) is 33.3 Å². The molecule has 1 aromatic heterocycles. The van der Waals surface area contributed by atoms with Gasteiger partial charge in [-0.25, -0.2) is 5.01 Å². The van der Waals surface area contributed by atoms with E-state index in [2.05, 4.69) is 0 Å². The van der Waals surface area contributed by atoms with E-state index in [1.165, 1.54) is 9.91 Å². The van der Waals surface area contributed by atoms with E-state index in [1.807, 2.05) is 35.7 Å². The Morgan fingerprint density at radius 2 is 1.76 bits per heavy atom. The van der Waals surface area contributed by atoms with Crippen molar-refractivity contribution in [1.82, 2.24) is 9.91 Å². The van der Waals surface area contributed by atoms with E-state index < -0.39 is 0 Å². The van der Waals surface area contributed by atoms with E-state index in [4.69, 9.17) is 24.0 Å². The lowest BCUT2D eigenvalue weighted by Gasteiger charge is -2.27. The third kappa shape index (κ3) is 5.98. The van der Waals surface area contributed by atoms with Gasteiger partial charge in [-0.3, -0.25) is 9.59 Å². The lowest BCUT2D eigenvalue weighted by molar-refractivity contribution is -0.133. The minimum absolute atomic E-state index is 0.154. The number of carbonyl (C=O) groups is 2. The summed E-state index contributed by atoms with van der Waals surface area (Å²) in [6.07, 6.45) is 0.534. The van der Waals surface area contributed by atoms with Crippen molar-refractivity contribution in [3.63, 3.8) is 0 Å². The molecule has 0 N–H and O–H groups in total. The van der Waals surface area contributed by atoms with Crippen LogP contribution < -0.4 is 14.2 Å². The summed E-state index contributed by atoms with van der Waals surface area (Å²) in [5.41, 5.74) is 2.13. The van der Waals surface area contributed by atoms with Crippen LogP contribution in [0.4, 0.5) is 0 Å². The number of hydrogen-bond donors (Lipinski definition) is 0. The highest BCUT2D eigenvalue weighted by Gasteiger charge is 2.35. The van der Waals surface area contributed by atoms with Crippen molar-refractivity contribution in [3.8, 4) is 17.2 Å². The molecule has 2 heterocycles. The Morgan fingerprint density at radius 1 is 1.00 bits per heavy atom. The molecule has 1 aliphatic rings. The molecule has 200 valence electrons. The highest BCUT2D eigenvalue weighted by molar-refractivity contribution is 7.12. The van der Waals surface area contributed by atoms with E-state index in [0.717, 1.165) is 16.2 Å². The average Bonchev–Trinajstić information content (AvgIpc) is 3.65. The Bertz CT molecular complexity index is 1280. The van der Waals surface area contributed by atoms with Crippen LogP contribution in [0.25, 0.3) is 0 Å². The number of nitrogens with zero attached hydrogens (tertiary/aromatic N) is 3. The van der Waals surface area contributed by atoms with Crippen molar-refractivity contribution in [2.24, 2.45) is 5.10 Å². The molecular weight excluding hydrogens is 506 g/mol. The molecule has 0 radical (unpaired) electrons. The third-order valence-corrected chi connectivity index (χ3v) is 7.20. The van der Waals surface area contributed by atoms with Gasteiger partial charge in [-0.15, -0.1) is 11.3 Å². The monoisotopic (exact) mass is 537 g/mol. The predicted octanol–water partition coefficient (Wildman–Crippen LogP) is 4.24. The molecule has 3 aromatic rings. The summed E-state index contributed by atoms with van der Waals surface area (Å²) in [4.78, 5) is 29.6. The second kappa shape index (κ2) is 12.6. The molecular formula is C28H31N3O6S. The summed E-state index contributed by atoms with van der Waals surface area (Å²) in [5, 5.41) is 8.19. The Labute approximate surface area is 226 Å². The molecule has 1 aliphatic heterocycles. The molecule has 0 fully saturated rings. The van der Waals surface area contributed by atoms with Crippen molar-refractivity contribution in [2.45, 2.75) is 12.5 Å². The van der Waals surface area contributed by atoms with Gasteiger partial charge < -0.3 is 23.8 Å². The normalized spacial score (nSPS) is 14.7. The minimum atomic E-state index is -0.361. The van der Waals surface area contributed by atoms with Crippen LogP contribution in [0.2, 0.25) is 0 Å². The number of amides is 2. The number of hydrazone groups is 1. The molecule has 2 aromatic carbocycles. The number of methoxy groups -OCH3 is 4. The summed E-state index contributed by atoms with van der Waals surface area (Å²) < 4.78 is 21.3. The number of rotatable bonds is 11. The van der Waals surface area contributed by atoms with Crippen molar-refractivity contribution < 1.29 is 28.5 Å². The van der Waals surface area contributed by atoms with Crippen LogP contribution in [0.3, 0.4) is 0 Å². The maximum Gasteiger partial charge on any atom is 0.262 e. The molecule has 10 heteroatoms. The quantitative estimate of drug-likeness (QED) is 0.364. The molecule has 4 rings (SSSR count). The summed E-state index contributed by atoms with van der Waals surface area (Å²) in [7, 11) is 6.28. The standard InChI is InChI=1S/C28H31N3O6S/c1-34-14-13-30(28(33)19-7-10-21(35-2)11-8-19)18-27(32)31-23(17-22(29-31)26-6-5-15-38-26)20-9-12-24(36-3)25(16-20)37-4/h5-12,15-16,23H,13-14,17-18H2,1-4H3/t23-/m0/s1. The molecule has 0 saturated carbocycles. The van der Waals surface area contributed by atoms with Crippen LogP contribution >= 0.6 is 11.3 Å². The first-order valence-corrected chi connectivity index (χ1v) is 12.9. The minimum Gasteiger partial charge on any atom is -0.497 e. The van der Waals surface area contributed by atoms with E-state index in [1.54, 1.807) is 64.0 Å². The van der Waals surface area contributed by atoms with Crippen molar-refractivity contribution in [2.75, 3.05) is 48.1 Å². The topological polar surface area (TPSA) is 89.9 Å². The van der Waals surface area contributed by atoms with E-state index in [-0.39, 0.29) is 37.6 Å². The van der Waals surface area contributed by atoms with Crippen molar-refractivity contribution in [3.05, 3.63) is 76.0 Å². The van der Waals surface area contributed by atoms with Gasteiger partial charge in [-0.2, -0.15) is 5.10 Å².